The van der Waals surface area contributed by atoms with Crippen molar-refractivity contribution in [3.05, 3.63) is 29.6 Å². The molecule has 0 aliphatic carbocycles. The van der Waals surface area contributed by atoms with Gasteiger partial charge in [0.05, 0.1) is 31.1 Å². The lowest BCUT2D eigenvalue weighted by Crippen LogP contribution is -2.57. The number of hydrogen-bond donors (Lipinski definition) is 1. The Balaban J connectivity index is 1.32. The van der Waals surface area contributed by atoms with E-state index in [2.05, 4.69) is 15.2 Å². The van der Waals surface area contributed by atoms with Crippen LogP contribution in [0.5, 0.6) is 5.75 Å². The number of methoxy groups -OCH3 is 2. The highest BCUT2D eigenvalue weighted by Gasteiger charge is 2.46. The van der Waals surface area contributed by atoms with Gasteiger partial charge in [0.1, 0.15) is 5.75 Å². The molecule has 0 radical (unpaired) electrons. The summed E-state index contributed by atoms with van der Waals surface area (Å²) in [5.41, 5.74) is 1.67. The number of rotatable bonds is 6. The summed E-state index contributed by atoms with van der Waals surface area (Å²) in [6.45, 7) is 2.68. The Morgan fingerprint density at radius 1 is 1.34 bits per heavy atom. The first-order chi connectivity index (χ1) is 14.1. The van der Waals surface area contributed by atoms with E-state index in [9.17, 15) is 4.79 Å². The molecule has 0 bridgehead atoms. The Labute approximate surface area is 175 Å². The molecule has 2 aliphatic heterocycles. The van der Waals surface area contributed by atoms with Gasteiger partial charge in [-0.1, -0.05) is 0 Å². The zero-order valence-electron chi connectivity index (χ0n) is 16.8. The van der Waals surface area contributed by atoms with E-state index < -0.39 is 0 Å². The molecule has 1 aromatic heterocycles. The van der Waals surface area contributed by atoms with Crippen molar-refractivity contribution in [2.45, 2.75) is 31.0 Å². The van der Waals surface area contributed by atoms with Crippen molar-refractivity contribution in [2.24, 2.45) is 0 Å². The predicted molar refractivity (Wildman–Crippen MR) is 113 cm³/mol. The van der Waals surface area contributed by atoms with Crippen LogP contribution in [-0.2, 0) is 14.3 Å². The van der Waals surface area contributed by atoms with E-state index in [-0.39, 0.29) is 17.6 Å². The number of thiazole rings is 1. The fourth-order valence-corrected chi connectivity index (χ4v) is 4.93. The number of ether oxygens (including phenoxy) is 3. The second kappa shape index (κ2) is 8.79. The van der Waals surface area contributed by atoms with Crippen molar-refractivity contribution in [3.63, 3.8) is 0 Å². The number of amides is 1. The summed E-state index contributed by atoms with van der Waals surface area (Å²) in [4.78, 5) is 19.2. The van der Waals surface area contributed by atoms with Crippen LogP contribution in [0.25, 0.3) is 11.3 Å². The molecule has 156 valence electrons. The highest BCUT2D eigenvalue weighted by molar-refractivity contribution is 7.14. The Morgan fingerprint density at radius 2 is 2.17 bits per heavy atom. The number of carbonyl (C=O) groups excluding carboxylic acids is 1. The molecule has 1 amide bonds. The number of hydrogen-bond acceptors (Lipinski definition) is 7. The van der Waals surface area contributed by atoms with Crippen LogP contribution in [0, 0.1) is 0 Å². The lowest BCUT2D eigenvalue weighted by atomic mass is 9.86. The van der Waals surface area contributed by atoms with Crippen molar-refractivity contribution in [1.29, 1.82) is 0 Å². The molecule has 0 saturated carbocycles. The quantitative estimate of drug-likeness (QED) is 0.779. The van der Waals surface area contributed by atoms with Crippen LogP contribution in [0.4, 0.5) is 5.13 Å². The molecule has 29 heavy (non-hydrogen) atoms. The van der Waals surface area contributed by atoms with Gasteiger partial charge in [-0.3, -0.25) is 9.69 Å². The fourth-order valence-electron chi connectivity index (χ4n) is 4.19. The van der Waals surface area contributed by atoms with Gasteiger partial charge in [-0.2, -0.15) is 0 Å². The number of carbonyl (C=O) groups is 1. The topological polar surface area (TPSA) is 72.9 Å². The molecular weight excluding hydrogens is 390 g/mol. The summed E-state index contributed by atoms with van der Waals surface area (Å²) in [5, 5.41) is 5.48. The van der Waals surface area contributed by atoms with Crippen molar-refractivity contribution < 1.29 is 19.0 Å². The monoisotopic (exact) mass is 417 g/mol. The number of nitrogens with one attached hydrogen (secondary N) is 1. The summed E-state index contributed by atoms with van der Waals surface area (Å²) < 4.78 is 16.9. The van der Waals surface area contributed by atoms with Gasteiger partial charge in [0.2, 0.25) is 5.91 Å². The molecule has 2 atom stereocenters. The largest absolute Gasteiger partial charge is 0.497 e. The molecule has 1 N–H and O–H groups in total. The zero-order chi connectivity index (χ0) is 20.3. The maximum atomic E-state index is 12.5. The van der Waals surface area contributed by atoms with Gasteiger partial charge in [0.25, 0.3) is 0 Å². The van der Waals surface area contributed by atoms with Gasteiger partial charge < -0.3 is 19.5 Å². The van der Waals surface area contributed by atoms with E-state index in [4.69, 9.17) is 14.2 Å². The van der Waals surface area contributed by atoms with Crippen molar-refractivity contribution in [2.75, 3.05) is 45.8 Å². The minimum atomic E-state index is -0.162. The average molecular weight is 418 g/mol. The van der Waals surface area contributed by atoms with E-state index >= 15 is 0 Å². The van der Waals surface area contributed by atoms with E-state index in [0.717, 1.165) is 49.4 Å². The number of nitrogens with zero attached hydrogens (tertiary/aromatic N) is 2. The highest BCUT2D eigenvalue weighted by atomic mass is 32.1. The zero-order valence-corrected chi connectivity index (χ0v) is 17.7. The van der Waals surface area contributed by atoms with Crippen molar-refractivity contribution in [1.82, 2.24) is 9.88 Å². The van der Waals surface area contributed by atoms with Crippen LogP contribution in [0.3, 0.4) is 0 Å². The summed E-state index contributed by atoms with van der Waals surface area (Å²) in [6, 6.07) is 7.71. The molecular formula is C21H27N3O4S. The standard InChI is InChI=1S/C21H27N3O4S/c1-26-16-6-4-15(5-7-16)17-14-29-20(22-17)23-19(25)13-24-10-9-21(8-3-11-28-21)18(12-24)27-2/h4-7,14,18H,3,8-13H2,1-2H3,(H,22,23,25)/t18-,21-/m1/s1. The minimum Gasteiger partial charge on any atom is -0.497 e. The number of piperidine rings is 1. The Morgan fingerprint density at radius 3 is 2.86 bits per heavy atom. The van der Waals surface area contributed by atoms with E-state index in [1.165, 1.54) is 11.3 Å². The van der Waals surface area contributed by atoms with Crippen LogP contribution in [0.2, 0.25) is 0 Å². The maximum absolute atomic E-state index is 12.5. The SMILES string of the molecule is COc1ccc(-c2csc(NC(=O)CN3CC[C@]4(CCCO4)[C@H](OC)C3)n2)cc1. The molecule has 2 fully saturated rings. The molecule has 3 heterocycles. The highest BCUT2D eigenvalue weighted by Crippen LogP contribution is 2.37. The first-order valence-electron chi connectivity index (χ1n) is 9.91. The number of benzene rings is 1. The summed E-state index contributed by atoms with van der Waals surface area (Å²) in [7, 11) is 3.37. The molecule has 7 nitrogen and oxygen atoms in total. The van der Waals surface area contributed by atoms with Crippen LogP contribution < -0.4 is 10.1 Å². The molecule has 4 rings (SSSR count). The van der Waals surface area contributed by atoms with Gasteiger partial charge in [-0.15, -0.1) is 11.3 Å². The average Bonchev–Trinajstić information content (AvgIpc) is 3.40. The number of aromatic nitrogens is 1. The summed E-state index contributed by atoms with van der Waals surface area (Å²) in [6.07, 6.45) is 3.03. The lowest BCUT2D eigenvalue weighted by Gasteiger charge is -2.44. The predicted octanol–water partition coefficient (Wildman–Crippen LogP) is 3.03. The van der Waals surface area contributed by atoms with Crippen LogP contribution in [0.15, 0.2) is 29.6 Å². The normalized spacial score (nSPS) is 24.7. The van der Waals surface area contributed by atoms with Crippen molar-refractivity contribution >= 4 is 22.4 Å². The second-order valence-electron chi connectivity index (χ2n) is 7.54. The molecule has 1 aromatic carbocycles. The summed E-state index contributed by atoms with van der Waals surface area (Å²) in [5.74, 6) is 0.747. The van der Waals surface area contributed by atoms with Gasteiger partial charge in [-0.25, -0.2) is 4.98 Å². The molecule has 1 spiro atoms. The van der Waals surface area contributed by atoms with Gasteiger partial charge in [-0.05, 0) is 43.5 Å². The Bertz CT molecular complexity index is 833. The van der Waals surface area contributed by atoms with E-state index in [0.29, 0.717) is 18.2 Å². The van der Waals surface area contributed by atoms with Crippen LogP contribution >= 0.6 is 11.3 Å². The van der Waals surface area contributed by atoms with Gasteiger partial charge >= 0.3 is 0 Å². The van der Waals surface area contributed by atoms with Crippen molar-refractivity contribution in [3.8, 4) is 17.0 Å². The van der Waals surface area contributed by atoms with E-state index in [1.807, 2.05) is 29.6 Å². The van der Waals surface area contributed by atoms with E-state index in [1.54, 1.807) is 14.2 Å². The molecule has 0 unspecified atom stereocenters. The molecule has 2 aliphatic rings. The third kappa shape index (κ3) is 4.45. The first kappa shape index (κ1) is 20.3. The third-order valence-corrected chi connectivity index (χ3v) is 6.54. The van der Waals surface area contributed by atoms with Gasteiger partial charge in [0, 0.05) is 37.7 Å². The van der Waals surface area contributed by atoms with Crippen LogP contribution in [-0.4, -0.2) is 68.0 Å². The Hall–Kier alpha value is -2.00. The fraction of sp³-hybridized carbons (Fsp3) is 0.524. The first-order valence-corrected chi connectivity index (χ1v) is 10.8. The van der Waals surface area contributed by atoms with Crippen LogP contribution in [0.1, 0.15) is 19.3 Å². The minimum absolute atomic E-state index is 0.00749. The second-order valence-corrected chi connectivity index (χ2v) is 8.40. The molecule has 2 saturated heterocycles. The van der Waals surface area contributed by atoms with Gasteiger partial charge in [0.15, 0.2) is 5.13 Å². The number of likely N-dealkylation sites (tertiary alicyclic amines) is 1. The lowest BCUT2D eigenvalue weighted by molar-refractivity contribution is -0.145. The summed E-state index contributed by atoms with van der Waals surface area (Å²) >= 11 is 1.43. The number of anilines is 1. The smallest absolute Gasteiger partial charge is 0.240 e. The molecule has 8 heteroatoms. The Kier molecular flexibility index (Phi) is 6.15. The maximum Gasteiger partial charge on any atom is 0.240 e. The third-order valence-electron chi connectivity index (χ3n) is 5.78. The molecule has 2 aromatic rings.